The first-order valence-corrected chi connectivity index (χ1v) is 7.83. The van der Waals surface area contributed by atoms with Crippen molar-refractivity contribution in [3.05, 3.63) is 0 Å². The first-order valence-electron chi connectivity index (χ1n) is 7.83. The molecular formula is C16H32O2. The predicted octanol–water partition coefficient (Wildman–Crippen LogP) is 4.90. The van der Waals surface area contributed by atoms with Crippen LogP contribution in [0.2, 0.25) is 0 Å². The first kappa shape index (κ1) is 17.6. The minimum Gasteiger partial charge on any atom is -0.374 e. The molecule has 0 bridgehead atoms. The molecule has 1 unspecified atom stereocenters. The van der Waals surface area contributed by atoms with E-state index in [2.05, 4.69) is 6.92 Å². The average Bonchev–Trinajstić information content (AvgIpc) is 2.40. The van der Waals surface area contributed by atoms with E-state index in [0.717, 1.165) is 19.1 Å². The molecule has 0 aliphatic carbocycles. The number of unbranched alkanes of at least 4 members (excludes halogenated alkanes) is 10. The molecule has 0 aromatic rings. The van der Waals surface area contributed by atoms with Gasteiger partial charge in [-0.05, 0) is 6.42 Å². The fourth-order valence-electron chi connectivity index (χ4n) is 2.25. The summed E-state index contributed by atoms with van der Waals surface area (Å²) in [6.45, 7) is 2.26. The minimum absolute atomic E-state index is 0.177. The highest BCUT2D eigenvalue weighted by atomic mass is 16.5. The molecule has 0 aliphatic rings. The third-order valence-electron chi connectivity index (χ3n) is 3.55. The van der Waals surface area contributed by atoms with Crippen LogP contribution in [0.5, 0.6) is 0 Å². The van der Waals surface area contributed by atoms with Gasteiger partial charge >= 0.3 is 0 Å². The summed E-state index contributed by atoms with van der Waals surface area (Å²) in [5.74, 6) is 0. The highest BCUT2D eigenvalue weighted by Crippen LogP contribution is 2.12. The van der Waals surface area contributed by atoms with Crippen molar-refractivity contribution < 1.29 is 9.53 Å². The number of hydrogen-bond donors (Lipinski definition) is 0. The van der Waals surface area contributed by atoms with Crippen LogP contribution in [0.3, 0.4) is 0 Å². The molecule has 2 heteroatoms. The first-order chi connectivity index (χ1) is 8.85. The van der Waals surface area contributed by atoms with Gasteiger partial charge in [-0.2, -0.15) is 0 Å². The van der Waals surface area contributed by atoms with E-state index in [0.29, 0.717) is 0 Å². The SMILES string of the molecule is CCCCCCCCCCCCCC(C=O)OC. The number of ether oxygens (including phenoxy) is 1. The Morgan fingerprint density at radius 3 is 1.67 bits per heavy atom. The standard InChI is InChI=1S/C16H32O2/c1-3-4-5-6-7-8-9-10-11-12-13-14-16(15-17)18-2/h15-16H,3-14H2,1-2H3. The van der Waals surface area contributed by atoms with Gasteiger partial charge < -0.3 is 9.53 Å². The molecule has 0 amide bonds. The molecule has 0 saturated heterocycles. The zero-order valence-corrected chi connectivity index (χ0v) is 12.5. The molecule has 0 spiro atoms. The lowest BCUT2D eigenvalue weighted by Crippen LogP contribution is -2.11. The monoisotopic (exact) mass is 256 g/mol. The molecule has 18 heavy (non-hydrogen) atoms. The van der Waals surface area contributed by atoms with E-state index in [1.165, 1.54) is 64.2 Å². The second kappa shape index (κ2) is 14.7. The summed E-state index contributed by atoms with van der Waals surface area (Å²) in [6.07, 6.45) is 16.4. The molecule has 0 aliphatic heterocycles. The van der Waals surface area contributed by atoms with Gasteiger partial charge in [0.2, 0.25) is 0 Å². The van der Waals surface area contributed by atoms with Crippen LogP contribution in [0, 0.1) is 0 Å². The van der Waals surface area contributed by atoms with Crippen LogP contribution < -0.4 is 0 Å². The third-order valence-corrected chi connectivity index (χ3v) is 3.55. The summed E-state index contributed by atoms with van der Waals surface area (Å²) in [7, 11) is 1.61. The lowest BCUT2D eigenvalue weighted by atomic mass is 10.0. The number of aldehydes is 1. The van der Waals surface area contributed by atoms with Crippen molar-refractivity contribution in [1.29, 1.82) is 0 Å². The number of methoxy groups -OCH3 is 1. The third kappa shape index (κ3) is 12.1. The Labute approximate surface area is 113 Å². The maximum atomic E-state index is 10.5. The van der Waals surface area contributed by atoms with Gasteiger partial charge in [-0.25, -0.2) is 0 Å². The van der Waals surface area contributed by atoms with Crippen LogP contribution in [0.25, 0.3) is 0 Å². The Hall–Kier alpha value is -0.370. The number of carbonyl (C=O) groups excluding carboxylic acids is 1. The predicted molar refractivity (Wildman–Crippen MR) is 77.9 cm³/mol. The Balaban J connectivity index is 3.05. The Morgan fingerprint density at radius 1 is 0.833 bits per heavy atom. The lowest BCUT2D eigenvalue weighted by molar-refractivity contribution is -0.116. The maximum Gasteiger partial charge on any atom is 0.148 e. The second-order valence-electron chi connectivity index (χ2n) is 5.23. The van der Waals surface area contributed by atoms with Gasteiger partial charge in [-0.1, -0.05) is 77.6 Å². The Bertz CT molecular complexity index is 168. The van der Waals surface area contributed by atoms with Gasteiger partial charge in [-0.3, -0.25) is 0 Å². The van der Waals surface area contributed by atoms with Crippen molar-refractivity contribution in [2.24, 2.45) is 0 Å². The van der Waals surface area contributed by atoms with E-state index in [1.807, 2.05) is 0 Å². The summed E-state index contributed by atoms with van der Waals surface area (Å²) in [6, 6.07) is 0. The molecule has 0 rings (SSSR count). The van der Waals surface area contributed by atoms with Gasteiger partial charge in [0.15, 0.2) is 0 Å². The fraction of sp³-hybridized carbons (Fsp3) is 0.938. The molecule has 0 radical (unpaired) electrons. The summed E-state index contributed by atoms with van der Waals surface area (Å²) in [5, 5.41) is 0. The van der Waals surface area contributed by atoms with Crippen molar-refractivity contribution in [2.75, 3.05) is 7.11 Å². The number of rotatable bonds is 14. The zero-order chi connectivity index (χ0) is 13.5. The molecule has 0 N–H and O–H groups in total. The van der Waals surface area contributed by atoms with E-state index < -0.39 is 0 Å². The maximum absolute atomic E-state index is 10.5. The van der Waals surface area contributed by atoms with Gasteiger partial charge in [0.05, 0.1) is 0 Å². The smallest absolute Gasteiger partial charge is 0.148 e. The molecule has 0 heterocycles. The highest BCUT2D eigenvalue weighted by molar-refractivity contribution is 5.55. The largest absolute Gasteiger partial charge is 0.374 e. The van der Waals surface area contributed by atoms with E-state index in [9.17, 15) is 4.79 Å². The van der Waals surface area contributed by atoms with Crippen molar-refractivity contribution in [3.63, 3.8) is 0 Å². The van der Waals surface area contributed by atoms with Crippen LogP contribution in [0.15, 0.2) is 0 Å². The highest BCUT2D eigenvalue weighted by Gasteiger charge is 2.03. The average molecular weight is 256 g/mol. The van der Waals surface area contributed by atoms with Crippen molar-refractivity contribution >= 4 is 6.29 Å². The van der Waals surface area contributed by atoms with Gasteiger partial charge in [0.25, 0.3) is 0 Å². The van der Waals surface area contributed by atoms with Crippen molar-refractivity contribution in [2.45, 2.75) is 90.1 Å². The lowest BCUT2D eigenvalue weighted by Gasteiger charge is -2.07. The van der Waals surface area contributed by atoms with E-state index in [-0.39, 0.29) is 6.10 Å². The fourth-order valence-corrected chi connectivity index (χ4v) is 2.25. The summed E-state index contributed by atoms with van der Waals surface area (Å²) in [4.78, 5) is 10.5. The minimum atomic E-state index is -0.177. The quantitative estimate of drug-likeness (QED) is 0.326. The topological polar surface area (TPSA) is 26.3 Å². The number of hydrogen-bond acceptors (Lipinski definition) is 2. The van der Waals surface area contributed by atoms with Gasteiger partial charge in [-0.15, -0.1) is 0 Å². The Morgan fingerprint density at radius 2 is 1.28 bits per heavy atom. The van der Waals surface area contributed by atoms with E-state index in [4.69, 9.17) is 4.74 Å². The van der Waals surface area contributed by atoms with Crippen molar-refractivity contribution in [1.82, 2.24) is 0 Å². The summed E-state index contributed by atoms with van der Waals surface area (Å²) in [5.41, 5.74) is 0. The van der Waals surface area contributed by atoms with Crippen LogP contribution in [0.4, 0.5) is 0 Å². The molecule has 0 fully saturated rings. The Kier molecular flexibility index (Phi) is 14.4. The zero-order valence-electron chi connectivity index (χ0n) is 12.5. The number of carbonyl (C=O) groups is 1. The summed E-state index contributed by atoms with van der Waals surface area (Å²) < 4.78 is 5.02. The molecule has 0 aromatic carbocycles. The summed E-state index contributed by atoms with van der Waals surface area (Å²) >= 11 is 0. The van der Waals surface area contributed by atoms with E-state index >= 15 is 0 Å². The van der Waals surface area contributed by atoms with E-state index in [1.54, 1.807) is 7.11 Å². The normalized spacial score (nSPS) is 12.6. The molecule has 108 valence electrons. The van der Waals surface area contributed by atoms with Crippen LogP contribution in [0.1, 0.15) is 84.0 Å². The van der Waals surface area contributed by atoms with Gasteiger partial charge in [0.1, 0.15) is 12.4 Å². The molecule has 2 nitrogen and oxygen atoms in total. The van der Waals surface area contributed by atoms with Crippen molar-refractivity contribution in [3.8, 4) is 0 Å². The molecule has 1 atom stereocenters. The van der Waals surface area contributed by atoms with Gasteiger partial charge in [0, 0.05) is 7.11 Å². The molecule has 0 aromatic heterocycles. The molecule has 0 saturated carbocycles. The van der Waals surface area contributed by atoms with Crippen LogP contribution in [-0.2, 0) is 9.53 Å². The molecular weight excluding hydrogens is 224 g/mol. The van der Waals surface area contributed by atoms with Crippen LogP contribution in [-0.4, -0.2) is 19.5 Å². The van der Waals surface area contributed by atoms with Crippen LogP contribution >= 0.6 is 0 Å². The second-order valence-corrected chi connectivity index (χ2v) is 5.23.